The van der Waals surface area contributed by atoms with E-state index >= 15 is 0 Å². The van der Waals surface area contributed by atoms with Crippen molar-refractivity contribution in [3.63, 3.8) is 0 Å². The van der Waals surface area contributed by atoms with E-state index in [4.69, 9.17) is 0 Å². The Balaban J connectivity index is 1.36. The number of aromatic nitrogens is 1. The molecular formula is C25H24N2O2. The molecule has 0 saturated heterocycles. The summed E-state index contributed by atoms with van der Waals surface area (Å²) in [5, 5.41) is 14.4. The first-order chi connectivity index (χ1) is 14.1. The second kappa shape index (κ2) is 8.33. The molecule has 2 N–H and O–H groups in total. The maximum Gasteiger partial charge on any atom is 0.224 e. The zero-order valence-electron chi connectivity index (χ0n) is 16.4. The van der Waals surface area contributed by atoms with Gasteiger partial charge in [0.2, 0.25) is 5.91 Å². The molecule has 0 spiro atoms. The molecule has 4 nitrogen and oxygen atoms in total. The highest BCUT2D eigenvalue weighted by molar-refractivity contribution is 5.84. The van der Waals surface area contributed by atoms with Gasteiger partial charge in [0.15, 0.2) is 0 Å². The number of amides is 1. The first kappa shape index (κ1) is 19.0. The van der Waals surface area contributed by atoms with Gasteiger partial charge in [-0.05, 0) is 22.8 Å². The van der Waals surface area contributed by atoms with Crippen LogP contribution < -0.4 is 5.32 Å². The molecule has 1 atom stereocenters. The summed E-state index contributed by atoms with van der Waals surface area (Å²) in [6, 6.07) is 26.1. The van der Waals surface area contributed by atoms with Crippen LogP contribution in [0.2, 0.25) is 0 Å². The predicted molar refractivity (Wildman–Crippen MR) is 116 cm³/mol. The minimum atomic E-state index is -0.745. The summed E-state index contributed by atoms with van der Waals surface area (Å²) in [6.45, 7) is 0.189. The Hall–Kier alpha value is -3.37. The summed E-state index contributed by atoms with van der Waals surface area (Å²) >= 11 is 0. The molecule has 4 rings (SSSR count). The lowest BCUT2D eigenvalue weighted by atomic mass is 10.0. The van der Waals surface area contributed by atoms with E-state index in [1.54, 1.807) is 0 Å². The molecule has 1 aromatic heterocycles. The zero-order valence-corrected chi connectivity index (χ0v) is 16.4. The first-order valence-corrected chi connectivity index (χ1v) is 9.75. The quantitative estimate of drug-likeness (QED) is 0.522. The standard InChI is InChI=1S/C25H24N2O2/c1-27-17-22(21-9-5-6-10-23(21)27)24(28)16-26-25(29)15-18-11-13-20(14-12-18)19-7-3-2-4-8-19/h2-14,17,24,28H,15-16H2,1H3,(H,26,29). The van der Waals surface area contributed by atoms with Crippen molar-refractivity contribution < 1.29 is 9.90 Å². The molecule has 0 aliphatic carbocycles. The van der Waals surface area contributed by atoms with E-state index in [1.165, 1.54) is 0 Å². The number of hydrogen-bond donors (Lipinski definition) is 2. The van der Waals surface area contributed by atoms with Crippen LogP contribution in [0.15, 0.2) is 85.1 Å². The highest BCUT2D eigenvalue weighted by Crippen LogP contribution is 2.25. The fourth-order valence-electron chi connectivity index (χ4n) is 3.65. The zero-order chi connectivity index (χ0) is 20.2. The highest BCUT2D eigenvalue weighted by atomic mass is 16.3. The number of nitrogens with one attached hydrogen (secondary N) is 1. The van der Waals surface area contributed by atoms with Gasteiger partial charge in [-0.3, -0.25) is 4.79 Å². The molecule has 0 bridgehead atoms. The third-order valence-electron chi connectivity index (χ3n) is 5.21. The molecular weight excluding hydrogens is 360 g/mol. The van der Waals surface area contributed by atoms with Crippen molar-refractivity contribution in [2.45, 2.75) is 12.5 Å². The fraction of sp³-hybridized carbons (Fsp3) is 0.160. The number of carbonyl (C=O) groups excluding carboxylic acids is 1. The summed E-state index contributed by atoms with van der Waals surface area (Å²) in [4.78, 5) is 12.3. The number of hydrogen-bond acceptors (Lipinski definition) is 2. The van der Waals surface area contributed by atoms with Crippen LogP contribution in [0.1, 0.15) is 17.2 Å². The van der Waals surface area contributed by atoms with Gasteiger partial charge in [0.1, 0.15) is 0 Å². The molecule has 1 amide bonds. The molecule has 3 aromatic carbocycles. The highest BCUT2D eigenvalue weighted by Gasteiger charge is 2.15. The number of benzene rings is 3. The lowest BCUT2D eigenvalue weighted by Gasteiger charge is -2.12. The Morgan fingerprint density at radius 1 is 0.931 bits per heavy atom. The smallest absolute Gasteiger partial charge is 0.224 e. The SMILES string of the molecule is Cn1cc(C(O)CNC(=O)Cc2ccc(-c3ccccc3)cc2)c2ccccc21. The summed E-state index contributed by atoms with van der Waals surface area (Å²) in [5.41, 5.74) is 5.12. The summed E-state index contributed by atoms with van der Waals surface area (Å²) in [5.74, 6) is -0.100. The van der Waals surface area contributed by atoms with Crippen molar-refractivity contribution in [3.8, 4) is 11.1 Å². The Morgan fingerprint density at radius 3 is 2.34 bits per heavy atom. The number of para-hydroxylation sites is 1. The van der Waals surface area contributed by atoms with E-state index in [2.05, 4.69) is 17.4 Å². The average Bonchev–Trinajstić information content (AvgIpc) is 3.10. The van der Waals surface area contributed by atoms with Crippen molar-refractivity contribution in [1.29, 1.82) is 0 Å². The van der Waals surface area contributed by atoms with Crippen LogP contribution in [0.25, 0.3) is 22.0 Å². The van der Waals surface area contributed by atoms with E-state index < -0.39 is 6.10 Å². The number of nitrogens with zero attached hydrogens (tertiary/aromatic N) is 1. The lowest BCUT2D eigenvalue weighted by Crippen LogP contribution is -2.29. The molecule has 0 aliphatic rings. The number of aryl methyl sites for hydroxylation is 1. The number of aliphatic hydroxyl groups excluding tert-OH is 1. The van der Waals surface area contributed by atoms with Gasteiger partial charge in [-0.1, -0.05) is 72.8 Å². The molecule has 146 valence electrons. The van der Waals surface area contributed by atoms with E-state index in [-0.39, 0.29) is 18.9 Å². The van der Waals surface area contributed by atoms with E-state index in [0.717, 1.165) is 33.2 Å². The molecule has 0 radical (unpaired) electrons. The average molecular weight is 384 g/mol. The van der Waals surface area contributed by atoms with Gasteiger partial charge in [0.05, 0.1) is 12.5 Å². The summed E-state index contributed by atoms with van der Waals surface area (Å²) in [6.07, 6.45) is 1.46. The van der Waals surface area contributed by atoms with Gasteiger partial charge in [-0.2, -0.15) is 0 Å². The van der Waals surface area contributed by atoms with Gasteiger partial charge in [-0.15, -0.1) is 0 Å². The van der Waals surface area contributed by atoms with Crippen LogP contribution in [0.5, 0.6) is 0 Å². The fourth-order valence-corrected chi connectivity index (χ4v) is 3.65. The largest absolute Gasteiger partial charge is 0.386 e. The Kier molecular flexibility index (Phi) is 5.45. The van der Waals surface area contributed by atoms with E-state index in [9.17, 15) is 9.90 Å². The second-order valence-corrected chi connectivity index (χ2v) is 7.27. The molecule has 29 heavy (non-hydrogen) atoms. The number of aliphatic hydroxyl groups is 1. The van der Waals surface area contributed by atoms with Gasteiger partial charge in [-0.25, -0.2) is 0 Å². The number of fused-ring (bicyclic) bond motifs is 1. The Morgan fingerprint density at radius 2 is 1.59 bits per heavy atom. The third-order valence-corrected chi connectivity index (χ3v) is 5.21. The second-order valence-electron chi connectivity index (χ2n) is 7.27. The van der Waals surface area contributed by atoms with Crippen molar-refractivity contribution in [1.82, 2.24) is 9.88 Å². The van der Waals surface area contributed by atoms with Gasteiger partial charge in [0.25, 0.3) is 0 Å². The Labute approximate surface area is 170 Å². The maximum absolute atomic E-state index is 12.3. The minimum absolute atomic E-state index is 0.100. The molecule has 1 unspecified atom stereocenters. The molecule has 4 heteroatoms. The lowest BCUT2D eigenvalue weighted by molar-refractivity contribution is -0.120. The van der Waals surface area contributed by atoms with Crippen molar-refractivity contribution in [2.24, 2.45) is 7.05 Å². The molecule has 1 heterocycles. The third kappa shape index (κ3) is 4.23. The molecule has 0 saturated carbocycles. The van der Waals surface area contributed by atoms with E-state index in [0.29, 0.717) is 0 Å². The molecule has 0 aliphatic heterocycles. The van der Waals surface area contributed by atoms with Gasteiger partial charge < -0.3 is 15.0 Å². The Bertz CT molecular complexity index is 1110. The van der Waals surface area contributed by atoms with Crippen molar-refractivity contribution >= 4 is 16.8 Å². The normalized spacial score (nSPS) is 12.1. The minimum Gasteiger partial charge on any atom is -0.386 e. The van der Waals surface area contributed by atoms with Crippen LogP contribution in [0, 0.1) is 0 Å². The molecule has 0 fully saturated rings. The van der Waals surface area contributed by atoms with E-state index in [1.807, 2.05) is 84.5 Å². The maximum atomic E-state index is 12.3. The predicted octanol–water partition coefficient (Wildman–Crippen LogP) is 4.24. The van der Waals surface area contributed by atoms with Crippen LogP contribution in [-0.4, -0.2) is 22.1 Å². The monoisotopic (exact) mass is 384 g/mol. The van der Waals surface area contributed by atoms with Crippen LogP contribution in [0.3, 0.4) is 0 Å². The first-order valence-electron chi connectivity index (χ1n) is 9.75. The topological polar surface area (TPSA) is 54.3 Å². The van der Waals surface area contributed by atoms with Crippen LogP contribution >= 0.6 is 0 Å². The summed E-state index contributed by atoms with van der Waals surface area (Å²) < 4.78 is 1.99. The van der Waals surface area contributed by atoms with Crippen molar-refractivity contribution in [3.05, 3.63) is 96.2 Å². The van der Waals surface area contributed by atoms with Gasteiger partial charge >= 0.3 is 0 Å². The van der Waals surface area contributed by atoms with Crippen LogP contribution in [0.4, 0.5) is 0 Å². The van der Waals surface area contributed by atoms with Crippen molar-refractivity contribution in [2.75, 3.05) is 6.54 Å². The summed E-state index contributed by atoms with van der Waals surface area (Å²) in [7, 11) is 1.95. The molecule has 4 aromatic rings. The van der Waals surface area contributed by atoms with Crippen LogP contribution in [-0.2, 0) is 18.3 Å². The van der Waals surface area contributed by atoms with Gasteiger partial charge in [0, 0.05) is 36.3 Å². The number of rotatable bonds is 6. The number of carbonyl (C=O) groups is 1.